The first-order valence-electron chi connectivity index (χ1n) is 13.9. The average Bonchev–Trinajstić information content (AvgIpc) is 3.32. The summed E-state index contributed by atoms with van der Waals surface area (Å²) in [7, 11) is 0. The van der Waals surface area contributed by atoms with Gasteiger partial charge in [-0.2, -0.15) is 4.98 Å². The molecule has 0 saturated carbocycles. The van der Waals surface area contributed by atoms with E-state index < -0.39 is 11.2 Å². The lowest BCUT2D eigenvalue weighted by Gasteiger charge is -2.37. The van der Waals surface area contributed by atoms with Gasteiger partial charge in [-0.1, -0.05) is 6.92 Å². The van der Waals surface area contributed by atoms with Crippen LogP contribution >= 0.6 is 0 Å². The summed E-state index contributed by atoms with van der Waals surface area (Å²) in [6.07, 6.45) is 1.57. The standard InChI is InChI=1S/C28H42N8O4/c1-19-16-35(17-21(19)15-29)20(2)18-40-23-7-5-22(6-8-23)36-10-9-24(32-27(36)39)31-26(38)34-13-11-33(12-14-34)25(37)28(3,4)30/h5-10,19-21H,11-18,29-30H2,1-4H3,(H,31,32,38,39)/t19-,20?,21+/m1/s1. The number of hydrogen-bond acceptors (Lipinski definition) is 8. The Hall–Kier alpha value is -3.48. The Morgan fingerprint density at radius 2 is 1.75 bits per heavy atom. The van der Waals surface area contributed by atoms with Gasteiger partial charge in [0.15, 0.2) is 0 Å². The highest BCUT2D eigenvalue weighted by molar-refractivity contribution is 5.89. The summed E-state index contributed by atoms with van der Waals surface area (Å²) in [5.74, 6) is 1.86. The number of ether oxygens (including phenoxy) is 1. The second-order valence-corrected chi connectivity index (χ2v) is 11.5. The zero-order valence-electron chi connectivity index (χ0n) is 23.9. The van der Waals surface area contributed by atoms with E-state index in [9.17, 15) is 14.4 Å². The van der Waals surface area contributed by atoms with E-state index in [4.69, 9.17) is 16.2 Å². The number of carbonyl (C=O) groups is 2. The number of nitrogens with zero attached hydrogens (tertiary/aromatic N) is 5. The van der Waals surface area contributed by atoms with Gasteiger partial charge in [-0.25, -0.2) is 9.59 Å². The van der Waals surface area contributed by atoms with Crippen molar-refractivity contribution in [2.75, 3.05) is 57.7 Å². The van der Waals surface area contributed by atoms with Crippen LogP contribution in [-0.2, 0) is 4.79 Å². The van der Waals surface area contributed by atoms with E-state index in [1.807, 2.05) is 12.1 Å². The van der Waals surface area contributed by atoms with Gasteiger partial charge in [-0.15, -0.1) is 0 Å². The maximum Gasteiger partial charge on any atom is 0.354 e. The van der Waals surface area contributed by atoms with Crippen molar-refractivity contribution >= 4 is 17.8 Å². The van der Waals surface area contributed by atoms with Crippen LogP contribution in [0, 0.1) is 11.8 Å². The first-order chi connectivity index (χ1) is 19.0. The first-order valence-corrected chi connectivity index (χ1v) is 13.9. The van der Waals surface area contributed by atoms with Crippen LogP contribution in [0.5, 0.6) is 5.75 Å². The fraction of sp³-hybridized carbons (Fsp3) is 0.571. The van der Waals surface area contributed by atoms with Gasteiger partial charge >= 0.3 is 11.7 Å². The Morgan fingerprint density at radius 3 is 2.33 bits per heavy atom. The summed E-state index contributed by atoms with van der Waals surface area (Å²) < 4.78 is 7.41. The van der Waals surface area contributed by atoms with Gasteiger partial charge in [0, 0.05) is 51.5 Å². The van der Waals surface area contributed by atoms with E-state index in [2.05, 4.69) is 29.0 Å². The molecule has 3 amide bonds. The minimum Gasteiger partial charge on any atom is -0.492 e. The zero-order valence-corrected chi connectivity index (χ0v) is 23.9. The number of carbonyl (C=O) groups excluding carboxylic acids is 2. The number of anilines is 1. The largest absolute Gasteiger partial charge is 0.492 e. The van der Waals surface area contributed by atoms with Crippen LogP contribution < -0.4 is 27.2 Å². The summed E-state index contributed by atoms with van der Waals surface area (Å²) >= 11 is 0. The van der Waals surface area contributed by atoms with E-state index in [0.717, 1.165) is 18.8 Å². The highest BCUT2D eigenvalue weighted by Crippen LogP contribution is 2.24. The van der Waals surface area contributed by atoms with E-state index in [1.165, 1.54) is 4.57 Å². The van der Waals surface area contributed by atoms with Gasteiger partial charge in [0.05, 0.1) is 11.2 Å². The van der Waals surface area contributed by atoms with Crippen molar-refractivity contribution in [1.29, 1.82) is 0 Å². The summed E-state index contributed by atoms with van der Waals surface area (Å²) in [4.78, 5) is 47.5. The summed E-state index contributed by atoms with van der Waals surface area (Å²) in [6.45, 7) is 12.6. The number of piperazine rings is 1. The Labute approximate surface area is 235 Å². The number of aromatic nitrogens is 2. The van der Waals surface area contributed by atoms with Gasteiger partial charge in [-0.05, 0) is 69.5 Å². The molecule has 5 N–H and O–H groups in total. The predicted octanol–water partition coefficient (Wildman–Crippen LogP) is 0.940. The third kappa shape index (κ3) is 6.98. The van der Waals surface area contributed by atoms with Crippen LogP contribution in [0.1, 0.15) is 27.7 Å². The molecule has 4 rings (SSSR count). The molecule has 2 fully saturated rings. The molecule has 2 saturated heterocycles. The molecule has 12 heteroatoms. The van der Waals surface area contributed by atoms with Crippen molar-refractivity contribution in [2.24, 2.45) is 23.3 Å². The topological polar surface area (TPSA) is 152 Å². The SMILES string of the molecule is CC(COc1ccc(-n2ccc(NC(=O)N3CCN(C(=O)C(C)(C)N)CC3)nc2=O)cc1)N1C[C@H](CN)[C@H](C)C1. The molecule has 1 aromatic carbocycles. The van der Waals surface area contributed by atoms with Crippen LogP contribution in [0.2, 0.25) is 0 Å². The molecule has 12 nitrogen and oxygen atoms in total. The lowest BCUT2D eigenvalue weighted by molar-refractivity contribution is -0.137. The number of nitrogens with one attached hydrogen (secondary N) is 1. The molecule has 3 heterocycles. The monoisotopic (exact) mass is 554 g/mol. The van der Waals surface area contributed by atoms with Gasteiger partial charge < -0.3 is 26.0 Å². The number of nitrogens with two attached hydrogens (primary N) is 2. The van der Waals surface area contributed by atoms with Gasteiger partial charge in [0.2, 0.25) is 5.91 Å². The molecule has 0 bridgehead atoms. The molecule has 218 valence electrons. The van der Waals surface area contributed by atoms with Crippen LogP contribution in [0.25, 0.3) is 5.69 Å². The highest BCUT2D eigenvalue weighted by Gasteiger charge is 2.32. The zero-order chi connectivity index (χ0) is 29.0. The molecule has 1 aromatic heterocycles. The van der Waals surface area contributed by atoms with Crippen molar-refractivity contribution in [3.05, 3.63) is 47.0 Å². The average molecular weight is 555 g/mol. The number of hydrogen-bond donors (Lipinski definition) is 3. The van der Waals surface area contributed by atoms with Gasteiger partial charge in [0.1, 0.15) is 18.2 Å². The third-order valence-electron chi connectivity index (χ3n) is 7.77. The Morgan fingerprint density at radius 1 is 1.10 bits per heavy atom. The summed E-state index contributed by atoms with van der Waals surface area (Å²) in [5.41, 5.74) is 11.0. The fourth-order valence-corrected chi connectivity index (χ4v) is 5.14. The minimum atomic E-state index is -0.953. The predicted molar refractivity (Wildman–Crippen MR) is 154 cm³/mol. The molecule has 40 heavy (non-hydrogen) atoms. The third-order valence-corrected chi connectivity index (χ3v) is 7.77. The van der Waals surface area contributed by atoms with Crippen molar-refractivity contribution in [3.63, 3.8) is 0 Å². The van der Waals surface area contributed by atoms with Crippen LogP contribution in [0.4, 0.5) is 10.6 Å². The van der Waals surface area contributed by atoms with E-state index in [1.54, 1.807) is 48.0 Å². The second-order valence-electron chi connectivity index (χ2n) is 11.5. The normalized spacial score (nSPS) is 20.9. The highest BCUT2D eigenvalue weighted by atomic mass is 16.5. The minimum absolute atomic E-state index is 0.148. The van der Waals surface area contributed by atoms with Crippen LogP contribution in [0.15, 0.2) is 41.3 Å². The summed E-state index contributed by atoms with van der Waals surface area (Å²) in [6, 6.07) is 8.73. The Bertz CT molecular complexity index is 1230. The molecule has 1 unspecified atom stereocenters. The smallest absolute Gasteiger partial charge is 0.354 e. The van der Waals surface area contributed by atoms with Crippen molar-refractivity contribution in [2.45, 2.75) is 39.3 Å². The van der Waals surface area contributed by atoms with Gasteiger partial charge in [-0.3, -0.25) is 19.6 Å². The molecule has 3 atom stereocenters. The number of amides is 3. The Kier molecular flexibility index (Phi) is 9.12. The molecular formula is C28H42N8O4. The van der Waals surface area contributed by atoms with Crippen molar-refractivity contribution in [3.8, 4) is 11.4 Å². The van der Waals surface area contributed by atoms with E-state index in [0.29, 0.717) is 56.9 Å². The molecule has 0 radical (unpaired) electrons. The van der Waals surface area contributed by atoms with Crippen LogP contribution in [-0.4, -0.2) is 100 Å². The molecule has 2 aliphatic rings. The summed E-state index contributed by atoms with van der Waals surface area (Å²) in [5, 5.41) is 2.68. The van der Waals surface area contributed by atoms with E-state index in [-0.39, 0.29) is 23.8 Å². The number of rotatable bonds is 8. The lowest BCUT2D eigenvalue weighted by Crippen LogP contribution is -2.58. The molecule has 0 spiro atoms. The van der Waals surface area contributed by atoms with Crippen LogP contribution in [0.3, 0.4) is 0 Å². The van der Waals surface area contributed by atoms with Crippen molar-refractivity contribution in [1.82, 2.24) is 24.3 Å². The first kappa shape index (κ1) is 29.5. The molecule has 2 aliphatic heterocycles. The van der Waals surface area contributed by atoms with Gasteiger partial charge in [0.25, 0.3) is 0 Å². The fourth-order valence-electron chi connectivity index (χ4n) is 5.14. The lowest BCUT2D eigenvalue weighted by atomic mass is 9.99. The van der Waals surface area contributed by atoms with Crippen molar-refractivity contribution < 1.29 is 14.3 Å². The quantitative estimate of drug-likeness (QED) is 0.436. The molecule has 2 aromatic rings. The number of likely N-dealkylation sites (tertiary alicyclic amines) is 1. The maximum absolute atomic E-state index is 12.7. The molecule has 0 aliphatic carbocycles. The number of urea groups is 1. The molecular weight excluding hydrogens is 512 g/mol. The van der Waals surface area contributed by atoms with E-state index >= 15 is 0 Å². The second kappa shape index (κ2) is 12.4. The maximum atomic E-state index is 12.7. The number of benzene rings is 1. The Balaban J connectivity index is 1.29.